The van der Waals surface area contributed by atoms with Crippen molar-refractivity contribution in [2.45, 2.75) is 113 Å². The molecule has 1 saturated heterocycles. The second-order valence-corrected chi connectivity index (χ2v) is 17.6. The average Bonchev–Trinajstić information content (AvgIpc) is 4.15. The van der Waals surface area contributed by atoms with Crippen LogP contribution in [0.1, 0.15) is 74.1 Å². The second-order valence-electron chi connectivity index (χ2n) is 17.6. The van der Waals surface area contributed by atoms with Crippen molar-refractivity contribution in [2.24, 2.45) is 0 Å². The van der Waals surface area contributed by atoms with E-state index in [4.69, 9.17) is 33.2 Å². The van der Waals surface area contributed by atoms with Crippen LogP contribution in [-0.2, 0) is 71.9 Å². The Balaban J connectivity index is 0.874. The lowest BCUT2D eigenvalue weighted by atomic mass is 9.88. The molecule has 1 aliphatic heterocycles. The molecule has 7 N–H and O–H groups in total. The SMILES string of the molecule is O=C(Cc1ccc(C2CC2)cc1)NC[C@H](O)[C@H](O)[C@H]1O[C@](OCCCCCCOCc2cn(CCOCCOCCOCCOCCC(=O)Oc3c(F)c(F)c(F)c(F)c3F)nn2)(C(=O)O)C[C@@H](O)[C@@H]1NC(=O)CO. The van der Waals surface area contributed by atoms with E-state index in [1.165, 1.54) is 5.56 Å². The maximum Gasteiger partial charge on any atom is 0.364 e. The molecule has 6 atom stereocenters. The fraction of sp³-hybridized carbons (Fsp3) is 0.625. The number of aliphatic hydroxyl groups is 4. The number of halogens is 5. The Morgan fingerprint density at radius 2 is 1.37 bits per heavy atom. The summed E-state index contributed by atoms with van der Waals surface area (Å²) in [7, 11) is 0. The summed E-state index contributed by atoms with van der Waals surface area (Å²) in [5.41, 5.74) is 2.55. The Bertz CT molecular complexity index is 2250. The highest BCUT2D eigenvalue weighted by molar-refractivity contribution is 5.79. The molecule has 2 fully saturated rings. The van der Waals surface area contributed by atoms with Gasteiger partial charge in [0.1, 0.15) is 24.5 Å². The molecule has 27 heteroatoms. The number of unbranched alkanes of at least 4 members (excludes halogenated alkanes) is 3. The van der Waals surface area contributed by atoms with Crippen molar-refractivity contribution < 1.29 is 105 Å². The lowest BCUT2D eigenvalue weighted by Gasteiger charge is -2.46. The molecule has 0 bridgehead atoms. The van der Waals surface area contributed by atoms with Gasteiger partial charge in [0.25, 0.3) is 5.79 Å². The first-order valence-corrected chi connectivity index (χ1v) is 24.4. The first-order chi connectivity index (χ1) is 36.0. The van der Waals surface area contributed by atoms with Gasteiger partial charge in [0.05, 0.1) is 110 Å². The molecule has 0 spiro atoms. The number of aliphatic hydroxyl groups excluding tert-OH is 4. The number of hydrogen-bond acceptors (Lipinski definition) is 18. The second kappa shape index (κ2) is 31.0. The number of carboxylic acids is 1. The number of amides is 2. The average molecular weight is 1080 g/mol. The number of aromatic nitrogens is 3. The van der Waals surface area contributed by atoms with Gasteiger partial charge in [-0.15, -0.1) is 5.10 Å². The van der Waals surface area contributed by atoms with Crippen molar-refractivity contribution in [1.29, 1.82) is 0 Å². The number of carbonyl (C=O) groups excluding carboxylic acids is 3. The van der Waals surface area contributed by atoms with Crippen LogP contribution in [0.5, 0.6) is 5.75 Å². The molecule has 2 aromatic carbocycles. The van der Waals surface area contributed by atoms with Gasteiger partial charge < -0.3 is 74.1 Å². The number of hydrogen-bond donors (Lipinski definition) is 7. The predicted molar refractivity (Wildman–Crippen MR) is 246 cm³/mol. The Hall–Kier alpha value is -5.33. The monoisotopic (exact) mass is 1080 g/mol. The van der Waals surface area contributed by atoms with E-state index in [9.17, 15) is 66.7 Å². The molecule has 2 aliphatic rings. The highest BCUT2D eigenvalue weighted by atomic mass is 19.2. The minimum Gasteiger partial charge on any atom is -0.477 e. The largest absolute Gasteiger partial charge is 0.477 e. The van der Waals surface area contributed by atoms with Crippen molar-refractivity contribution >= 4 is 23.8 Å². The van der Waals surface area contributed by atoms with Gasteiger partial charge in [0.15, 0.2) is 0 Å². The minimum atomic E-state index is -2.47. The molecule has 0 radical (unpaired) electrons. The molecule has 5 rings (SSSR count). The fourth-order valence-electron chi connectivity index (χ4n) is 7.58. The van der Waals surface area contributed by atoms with Gasteiger partial charge in [-0.05, 0) is 42.7 Å². The van der Waals surface area contributed by atoms with Gasteiger partial charge in [0, 0.05) is 19.6 Å². The maximum absolute atomic E-state index is 13.6. The number of carboxylic acid groups (broad SMARTS) is 1. The van der Waals surface area contributed by atoms with Gasteiger partial charge >= 0.3 is 11.9 Å². The molecule has 75 heavy (non-hydrogen) atoms. The zero-order valence-corrected chi connectivity index (χ0v) is 41.0. The van der Waals surface area contributed by atoms with Crippen LogP contribution in [0.3, 0.4) is 0 Å². The van der Waals surface area contributed by atoms with E-state index in [0.717, 1.165) is 18.4 Å². The van der Waals surface area contributed by atoms with E-state index in [1.807, 2.05) is 24.3 Å². The van der Waals surface area contributed by atoms with E-state index >= 15 is 0 Å². The summed E-state index contributed by atoms with van der Waals surface area (Å²) in [5, 5.41) is 65.7. The number of ether oxygens (including phenoxy) is 8. The van der Waals surface area contributed by atoms with Crippen molar-refractivity contribution in [3.63, 3.8) is 0 Å². The standard InChI is InChI=1S/C48H64F5N5O17/c49-38-39(50)41(52)45(42(53)40(38)51)74-37(64)11-15-68-17-19-70-21-22-71-20-18-69-16-12-58-26-32(56-57-58)28-72-13-3-1-2-4-14-73-48(47(66)67)24-33(60)43(55-36(63)27-59)46(75-48)44(65)34(61)25-54-35(62)23-29-5-7-30(8-6-29)31-9-10-31/h5-8,26,31,33-34,43-44,46,59-61,65H,1-4,9-25,27-28H2,(H,54,62)(H,55,63)(H,66,67)/t33-,34+,43+,44+,46+,48+/m1/s1. The molecular formula is C48H64F5N5O17. The highest BCUT2D eigenvalue weighted by Gasteiger charge is 2.56. The molecular weight excluding hydrogens is 1010 g/mol. The maximum atomic E-state index is 13.6. The van der Waals surface area contributed by atoms with Gasteiger partial charge in [-0.3, -0.25) is 14.4 Å². The topological polar surface area (TPSA) is 298 Å². The van der Waals surface area contributed by atoms with E-state index < -0.39 is 121 Å². The van der Waals surface area contributed by atoms with Crippen molar-refractivity contribution in [3.05, 3.63) is 76.4 Å². The van der Waals surface area contributed by atoms with Crippen LogP contribution in [0.2, 0.25) is 0 Å². The normalized spacial score (nSPS) is 19.4. The lowest BCUT2D eigenvalue weighted by molar-refractivity contribution is -0.310. The van der Waals surface area contributed by atoms with E-state index in [2.05, 4.69) is 25.7 Å². The third-order valence-electron chi connectivity index (χ3n) is 11.8. The lowest BCUT2D eigenvalue weighted by Crippen LogP contribution is -2.68. The summed E-state index contributed by atoms with van der Waals surface area (Å²) in [6.45, 7) is 0.675. The number of nitrogens with one attached hydrogen (secondary N) is 2. The smallest absolute Gasteiger partial charge is 0.364 e. The number of aliphatic carboxylic acids is 1. The van der Waals surface area contributed by atoms with Crippen LogP contribution in [-0.4, -0.2) is 180 Å². The van der Waals surface area contributed by atoms with Gasteiger partial charge in [-0.25, -0.2) is 22.6 Å². The summed E-state index contributed by atoms with van der Waals surface area (Å²) in [6.07, 6.45) is -1.96. The molecule has 418 valence electrons. The molecule has 3 aromatic rings. The Kier molecular flexibility index (Phi) is 25.0. The Labute approximate surface area is 427 Å². The molecule has 22 nitrogen and oxygen atoms in total. The zero-order chi connectivity index (χ0) is 54.3. The van der Waals surface area contributed by atoms with Crippen molar-refractivity contribution in [1.82, 2.24) is 25.6 Å². The molecule has 2 heterocycles. The molecule has 1 saturated carbocycles. The van der Waals surface area contributed by atoms with Gasteiger partial charge in [0.2, 0.25) is 46.6 Å². The summed E-state index contributed by atoms with van der Waals surface area (Å²) in [4.78, 5) is 49.2. The predicted octanol–water partition coefficient (Wildman–Crippen LogP) is 1.50. The Morgan fingerprint density at radius 3 is 1.99 bits per heavy atom. The fourth-order valence-corrected chi connectivity index (χ4v) is 7.58. The number of nitrogens with zero attached hydrogens (tertiary/aromatic N) is 3. The first kappa shape index (κ1) is 60.5. The third-order valence-corrected chi connectivity index (χ3v) is 11.8. The van der Waals surface area contributed by atoms with Crippen molar-refractivity contribution in [2.75, 3.05) is 79.2 Å². The van der Waals surface area contributed by atoms with Crippen LogP contribution in [0, 0.1) is 29.1 Å². The molecule has 1 aromatic heterocycles. The van der Waals surface area contributed by atoms with Gasteiger partial charge in [-0.1, -0.05) is 42.3 Å². The summed E-state index contributed by atoms with van der Waals surface area (Å²) in [5.74, 6) is -19.3. The summed E-state index contributed by atoms with van der Waals surface area (Å²) in [6, 6.07) is 6.17. The van der Waals surface area contributed by atoms with E-state index in [0.29, 0.717) is 63.7 Å². The molecule has 2 amide bonds. The number of benzene rings is 2. The summed E-state index contributed by atoms with van der Waals surface area (Å²) >= 11 is 0. The quantitative estimate of drug-likeness (QED) is 0.0108. The number of esters is 1. The van der Waals surface area contributed by atoms with Crippen LogP contribution >= 0.6 is 0 Å². The zero-order valence-electron chi connectivity index (χ0n) is 41.0. The van der Waals surface area contributed by atoms with Gasteiger partial charge in [-0.2, -0.15) is 8.78 Å². The van der Waals surface area contributed by atoms with Crippen LogP contribution in [0.15, 0.2) is 30.5 Å². The third kappa shape index (κ3) is 19.3. The molecule has 1 aliphatic carbocycles. The van der Waals surface area contributed by atoms with Crippen molar-refractivity contribution in [3.8, 4) is 5.75 Å². The van der Waals surface area contributed by atoms with E-state index in [-0.39, 0.29) is 59.3 Å². The van der Waals surface area contributed by atoms with E-state index in [1.54, 1.807) is 10.9 Å². The van der Waals surface area contributed by atoms with Crippen LogP contribution in [0.4, 0.5) is 22.0 Å². The number of rotatable bonds is 36. The molecule has 0 unspecified atom stereocenters. The first-order valence-electron chi connectivity index (χ1n) is 24.4. The Morgan fingerprint density at radius 1 is 0.773 bits per heavy atom. The number of carbonyl (C=O) groups is 4. The van der Waals surface area contributed by atoms with Crippen LogP contribution in [0.25, 0.3) is 0 Å². The van der Waals surface area contributed by atoms with Crippen LogP contribution < -0.4 is 15.4 Å². The highest BCUT2D eigenvalue weighted by Crippen LogP contribution is 2.40. The minimum absolute atomic E-state index is 0.000143. The summed E-state index contributed by atoms with van der Waals surface area (Å²) < 4.78 is 111.